The molecule has 162 valence electrons. The number of hydrogen-bond donors (Lipinski definition) is 2. The maximum absolute atomic E-state index is 12.6. The fourth-order valence-electron chi connectivity index (χ4n) is 3.25. The number of piperidine rings is 1. The predicted octanol–water partition coefficient (Wildman–Crippen LogP) is 2.99. The summed E-state index contributed by atoms with van der Waals surface area (Å²) >= 11 is 0. The number of amides is 2. The summed E-state index contributed by atoms with van der Waals surface area (Å²) in [6.45, 7) is 9.27. The van der Waals surface area contributed by atoms with Crippen LogP contribution in [0.25, 0.3) is 0 Å². The van der Waals surface area contributed by atoms with Crippen LogP contribution in [0, 0.1) is 11.3 Å². The molecule has 8 heteroatoms. The van der Waals surface area contributed by atoms with Crippen LogP contribution in [0.4, 0.5) is 5.69 Å². The number of carbonyl (C=O) groups is 2. The summed E-state index contributed by atoms with van der Waals surface area (Å²) in [7, 11) is -3.52. The van der Waals surface area contributed by atoms with Gasteiger partial charge in [-0.05, 0) is 43.5 Å². The summed E-state index contributed by atoms with van der Waals surface area (Å²) in [5.74, 6) is -0.136. The van der Waals surface area contributed by atoms with Gasteiger partial charge in [-0.1, -0.05) is 34.1 Å². The van der Waals surface area contributed by atoms with Gasteiger partial charge in [-0.25, -0.2) is 13.1 Å². The number of anilines is 1. The van der Waals surface area contributed by atoms with E-state index < -0.39 is 15.4 Å². The van der Waals surface area contributed by atoms with Gasteiger partial charge < -0.3 is 10.2 Å². The van der Waals surface area contributed by atoms with Crippen LogP contribution in [0.3, 0.4) is 0 Å². The van der Waals surface area contributed by atoms with Crippen LogP contribution in [0.1, 0.15) is 53.4 Å². The molecule has 0 bridgehead atoms. The van der Waals surface area contributed by atoms with Crippen LogP contribution in [0.2, 0.25) is 0 Å². The second-order valence-corrected chi connectivity index (χ2v) is 10.3. The zero-order valence-electron chi connectivity index (χ0n) is 17.8. The molecule has 0 aromatic heterocycles. The van der Waals surface area contributed by atoms with E-state index in [1.165, 1.54) is 12.1 Å². The smallest absolute Gasteiger partial charge is 0.240 e. The minimum Gasteiger partial charge on any atom is -0.342 e. The Kier molecular flexibility index (Phi) is 7.82. The van der Waals surface area contributed by atoms with E-state index in [1.54, 1.807) is 12.1 Å². The zero-order valence-corrected chi connectivity index (χ0v) is 18.6. The molecule has 29 heavy (non-hydrogen) atoms. The molecule has 0 spiro atoms. The number of benzene rings is 1. The van der Waals surface area contributed by atoms with E-state index in [9.17, 15) is 18.0 Å². The highest BCUT2D eigenvalue weighted by Gasteiger charge is 2.32. The number of nitrogens with zero attached hydrogens (tertiary/aromatic N) is 1. The predicted molar refractivity (Wildman–Crippen MR) is 114 cm³/mol. The lowest BCUT2D eigenvalue weighted by molar-refractivity contribution is -0.142. The largest absolute Gasteiger partial charge is 0.342 e. The molecule has 1 aliphatic rings. The Hall–Kier alpha value is -1.93. The quantitative estimate of drug-likeness (QED) is 0.659. The highest BCUT2D eigenvalue weighted by Crippen LogP contribution is 2.24. The molecule has 2 amide bonds. The standard InChI is InChI=1S/C21H33N3O4S/c1-5-6-13-22-29(27,28)18-9-7-17(8-10-18)23-19(25)16-11-14-24(15-12-16)20(26)21(2,3)4/h7-10,16,22H,5-6,11-15H2,1-4H3,(H,23,25). The topological polar surface area (TPSA) is 95.6 Å². The van der Waals surface area contributed by atoms with Crippen LogP contribution in [0.5, 0.6) is 0 Å². The molecule has 0 atom stereocenters. The Labute approximate surface area is 174 Å². The fraction of sp³-hybridized carbons (Fsp3) is 0.619. The van der Waals surface area contributed by atoms with E-state index in [0.29, 0.717) is 38.2 Å². The van der Waals surface area contributed by atoms with Crippen molar-refractivity contribution in [1.29, 1.82) is 0 Å². The number of sulfonamides is 1. The summed E-state index contributed by atoms with van der Waals surface area (Å²) in [6, 6.07) is 6.19. The Bertz CT molecular complexity index is 805. The molecule has 1 aromatic carbocycles. The van der Waals surface area contributed by atoms with Gasteiger partial charge in [0.25, 0.3) is 0 Å². The van der Waals surface area contributed by atoms with Gasteiger partial charge in [0.1, 0.15) is 0 Å². The molecule has 0 radical (unpaired) electrons. The minimum absolute atomic E-state index is 0.0930. The highest BCUT2D eigenvalue weighted by atomic mass is 32.2. The summed E-state index contributed by atoms with van der Waals surface area (Å²) in [5, 5.41) is 2.86. The molecular formula is C21H33N3O4S. The Morgan fingerprint density at radius 1 is 1.10 bits per heavy atom. The van der Waals surface area contributed by atoms with Gasteiger partial charge in [-0.2, -0.15) is 0 Å². The normalized spacial score (nSPS) is 15.9. The number of carbonyl (C=O) groups excluding carboxylic acids is 2. The first-order chi connectivity index (χ1) is 13.5. The van der Waals surface area contributed by atoms with Gasteiger partial charge in [0.2, 0.25) is 21.8 Å². The van der Waals surface area contributed by atoms with Crippen LogP contribution in [0.15, 0.2) is 29.2 Å². The molecule has 0 unspecified atom stereocenters. The van der Waals surface area contributed by atoms with Gasteiger partial charge in [0, 0.05) is 36.7 Å². The molecule has 7 nitrogen and oxygen atoms in total. The van der Waals surface area contributed by atoms with Crippen molar-refractivity contribution in [3.8, 4) is 0 Å². The second kappa shape index (κ2) is 9.71. The van der Waals surface area contributed by atoms with E-state index in [1.807, 2.05) is 32.6 Å². The average Bonchev–Trinajstić information content (AvgIpc) is 2.67. The number of likely N-dealkylation sites (tertiary alicyclic amines) is 1. The van der Waals surface area contributed by atoms with Crippen molar-refractivity contribution >= 4 is 27.5 Å². The van der Waals surface area contributed by atoms with E-state index in [0.717, 1.165) is 12.8 Å². The maximum Gasteiger partial charge on any atom is 0.240 e. The molecular weight excluding hydrogens is 390 g/mol. The van der Waals surface area contributed by atoms with Crippen molar-refractivity contribution < 1.29 is 18.0 Å². The average molecular weight is 424 g/mol. The molecule has 2 N–H and O–H groups in total. The van der Waals surface area contributed by atoms with Gasteiger partial charge >= 0.3 is 0 Å². The van der Waals surface area contributed by atoms with Crippen molar-refractivity contribution in [3.63, 3.8) is 0 Å². The maximum atomic E-state index is 12.6. The van der Waals surface area contributed by atoms with Gasteiger partial charge in [0.15, 0.2) is 0 Å². The number of unbranched alkanes of at least 4 members (excludes halogenated alkanes) is 1. The van der Waals surface area contributed by atoms with Gasteiger partial charge in [0.05, 0.1) is 4.90 Å². The monoisotopic (exact) mass is 423 g/mol. The summed E-state index contributed by atoms with van der Waals surface area (Å²) in [4.78, 5) is 26.9. The lowest BCUT2D eigenvalue weighted by atomic mass is 9.90. The van der Waals surface area contributed by atoms with Gasteiger partial charge in [-0.3, -0.25) is 9.59 Å². The molecule has 1 fully saturated rings. The summed E-state index contributed by atoms with van der Waals surface area (Å²) < 4.78 is 27.0. The summed E-state index contributed by atoms with van der Waals surface area (Å²) in [5.41, 5.74) is 0.151. The first kappa shape index (κ1) is 23.3. The van der Waals surface area contributed by atoms with Crippen molar-refractivity contribution in [2.45, 2.75) is 58.3 Å². The Morgan fingerprint density at radius 3 is 2.21 bits per heavy atom. The molecule has 1 aliphatic heterocycles. The molecule has 0 aliphatic carbocycles. The van der Waals surface area contributed by atoms with Crippen molar-refractivity contribution in [2.24, 2.45) is 11.3 Å². The third kappa shape index (κ3) is 6.54. The third-order valence-electron chi connectivity index (χ3n) is 5.05. The van der Waals surface area contributed by atoms with Crippen molar-refractivity contribution in [3.05, 3.63) is 24.3 Å². The summed E-state index contributed by atoms with van der Waals surface area (Å²) in [6.07, 6.45) is 2.95. The number of nitrogens with one attached hydrogen (secondary N) is 2. The lowest BCUT2D eigenvalue weighted by Crippen LogP contribution is -2.45. The fourth-order valence-corrected chi connectivity index (χ4v) is 4.32. The van der Waals surface area contributed by atoms with E-state index in [-0.39, 0.29) is 22.6 Å². The first-order valence-electron chi connectivity index (χ1n) is 10.2. The van der Waals surface area contributed by atoms with Crippen molar-refractivity contribution in [2.75, 3.05) is 25.0 Å². The SMILES string of the molecule is CCCCNS(=O)(=O)c1ccc(NC(=O)C2CCN(C(=O)C(C)(C)C)CC2)cc1. The third-order valence-corrected chi connectivity index (χ3v) is 6.53. The number of rotatable bonds is 7. The van der Waals surface area contributed by atoms with Crippen LogP contribution in [-0.2, 0) is 19.6 Å². The molecule has 1 aromatic rings. The zero-order chi connectivity index (χ0) is 21.7. The van der Waals surface area contributed by atoms with Crippen molar-refractivity contribution in [1.82, 2.24) is 9.62 Å². The van der Waals surface area contributed by atoms with E-state index >= 15 is 0 Å². The second-order valence-electron chi connectivity index (χ2n) is 8.58. The minimum atomic E-state index is -3.52. The van der Waals surface area contributed by atoms with Crippen LogP contribution < -0.4 is 10.0 Å². The van der Waals surface area contributed by atoms with Gasteiger partial charge in [-0.15, -0.1) is 0 Å². The highest BCUT2D eigenvalue weighted by molar-refractivity contribution is 7.89. The Morgan fingerprint density at radius 2 is 1.69 bits per heavy atom. The molecule has 2 rings (SSSR count). The van der Waals surface area contributed by atoms with Crippen LogP contribution >= 0.6 is 0 Å². The molecule has 0 saturated carbocycles. The van der Waals surface area contributed by atoms with E-state index in [4.69, 9.17) is 0 Å². The molecule has 1 saturated heterocycles. The lowest BCUT2D eigenvalue weighted by Gasteiger charge is -2.35. The molecule has 1 heterocycles. The van der Waals surface area contributed by atoms with Crippen LogP contribution in [-0.4, -0.2) is 44.8 Å². The number of hydrogen-bond acceptors (Lipinski definition) is 4. The first-order valence-corrected chi connectivity index (χ1v) is 11.7. The Balaban J connectivity index is 1.89. The van der Waals surface area contributed by atoms with E-state index in [2.05, 4.69) is 10.0 Å².